The Morgan fingerprint density at radius 2 is 1.77 bits per heavy atom. The van der Waals surface area contributed by atoms with Crippen LogP contribution in [0.3, 0.4) is 0 Å². The van der Waals surface area contributed by atoms with E-state index in [-0.39, 0.29) is 29.7 Å². The number of nitrogens with zero attached hydrogens (tertiary/aromatic N) is 4. The first-order chi connectivity index (χ1) is 14.4. The Balaban J connectivity index is 1.52. The summed E-state index contributed by atoms with van der Waals surface area (Å²) in [7, 11) is 0. The molecule has 7 nitrogen and oxygen atoms in total. The molecule has 0 aliphatic carbocycles. The molecule has 0 bridgehead atoms. The van der Waals surface area contributed by atoms with Crippen molar-refractivity contribution < 1.29 is 18.0 Å². The lowest BCUT2D eigenvalue weighted by Gasteiger charge is -2.08. The summed E-state index contributed by atoms with van der Waals surface area (Å²) in [6, 6.07) is 8.27. The van der Waals surface area contributed by atoms with Gasteiger partial charge in [0.15, 0.2) is 5.65 Å². The van der Waals surface area contributed by atoms with E-state index in [0.717, 1.165) is 18.2 Å². The van der Waals surface area contributed by atoms with Gasteiger partial charge in [0.2, 0.25) is 5.91 Å². The Labute approximate surface area is 167 Å². The second-order valence-corrected chi connectivity index (χ2v) is 6.44. The van der Waals surface area contributed by atoms with Crippen LogP contribution in [0.15, 0.2) is 59.8 Å². The molecule has 0 aliphatic rings. The first-order valence-electron chi connectivity index (χ1n) is 8.86. The Morgan fingerprint density at radius 3 is 2.53 bits per heavy atom. The summed E-state index contributed by atoms with van der Waals surface area (Å²) in [4.78, 5) is 28.9. The van der Waals surface area contributed by atoms with Gasteiger partial charge in [-0.3, -0.25) is 14.2 Å². The summed E-state index contributed by atoms with van der Waals surface area (Å²) in [6.45, 7) is -0.0216. The monoisotopic (exact) mass is 413 g/mol. The maximum absolute atomic E-state index is 13.6. The van der Waals surface area contributed by atoms with Gasteiger partial charge >= 0.3 is 0 Å². The van der Waals surface area contributed by atoms with E-state index >= 15 is 0 Å². The second-order valence-electron chi connectivity index (χ2n) is 6.44. The average molecular weight is 413 g/mol. The van der Waals surface area contributed by atoms with E-state index in [1.165, 1.54) is 46.0 Å². The molecule has 1 amide bonds. The van der Waals surface area contributed by atoms with Crippen molar-refractivity contribution >= 4 is 22.6 Å². The van der Waals surface area contributed by atoms with E-state index in [4.69, 9.17) is 0 Å². The number of carbonyl (C=O) groups excluding carboxylic acids is 1. The van der Waals surface area contributed by atoms with Crippen LogP contribution in [-0.4, -0.2) is 25.2 Å². The van der Waals surface area contributed by atoms with Crippen molar-refractivity contribution in [3.05, 3.63) is 82.8 Å². The molecular formula is C20H14F3N5O2. The minimum atomic E-state index is -0.766. The highest BCUT2D eigenvalue weighted by atomic mass is 19.1. The molecule has 2 aromatic heterocycles. The zero-order valence-electron chi connectivity index (χ0n) is 15.3. The van der Waals surface area contributed by atoms with Crippen LogP contribution in [0.25, 0.3) is 16.7 Å². The molecule has 2 aromatic carbocycles. The predicted molar refractivity (Wildman–Crippen MR) is 103 cm³/mol. The number of hydrogen-bond donors (Lipinski definition) is 1. The third-order valence-corrected chi connectivity index (χ3v) is 4.41. The highest BCUT2D eigenvalue weighted by molar-refractivity contribution is 5.90. The molecule has 0 fully saturated rings. The van der Waals surface area contributed by atoms with Gasteiger partial charge in [0.1, 0.15) is 22.8 Å². The van der Waals surface area contributed by atoms with Gasteiger partial charge < -0.3 is 5.32 Å². The highest BCUT2D eigenvalue weighted by Crippen LogP contribution is 2.16. The average Bonchev–Trinajstić information content (AvgIpc) is 3.16. The van der Waals surface area contributed by atoms with Gasteiger partial charge in [-0.25, -0.2) is 22.8 Å². The first kappa shape index (κ1) is 19.4. The second kappa shape index (κ2) is 7.82. The summed E-state index contributed by atoms with van der Waals surface area (Å²) >= 11 is 0. The van der Waals surface area contributed by atoms with Gasteiger partial charge in [-0.2, -0.15) is 5.10 Å². The van der Waals surface area contributed by atoms with Crippen LogP contribution in [0.4, 0.5) is 18.9 Å². The molecule has 10 heteroatoms. The number of aryl methyl sites for hydroxylation is 1. The fourth-order valence-electron chi connectivity index (χ4n) is 2.91. The topological polar surface area (TPSA) is 81.8 Å². The molecule has 4 rings (SSSR count). The van der Waals surface area contributed by atoms with Crippen molar-refractivity contribution in [3.63, 3.8) is 0 Å². The number of halogens is 3. The summed E-state index contributed by atoms with van der Waals surface area (Å²) in [6.07, 6.45) is 2.45. The largest absolute Gasteiger partial charge is 0.323 e. The number of fused-ring (bicyclic) bond motifs is 1. The highest BCUT2D eigenvalue weighted by Gasteiger charge is 2.13. The third-order valence-electron chi connectivity index (χ3n) is 4.41. The lowest BCUT2D eigenvalue weighted by Crippen LogP contribution is -2.23. The predicted octanol–water partition coefficient (Wildman–Crippen LogP) is 3.03. The SMILES string of the molecule is O=C(CCn1cnc2c(cnn2-c2ccc(F)cc2)c1=O)Nc1cc(F)ccc1F. The number of benzene rings is 2. The van der Waals surface area contributed by atoms with Crippen molar-refractivity contribution in [1.29, 1.82) is 0 Å². The first-order valence-corrected chi connectivity index (χ1v) is 8.86. The zero-order valence-corrected chi connectivity index (χ0v) is 15.3. The Kier molecular flexibility index (Phi) is 5.05. The number of carbonyl (C=O) groups is 1. The smallest absolute Gasteiger partial charge is 0.264 e. The molecular weight excluding hydrogens is 399 g/mol. The molecule has 0 atom stereocenters. The van der Waals surface area contributed by atoms with Crippen molar-refractivity contribution in [1.82, 2.24) is 19.3 Å². The van der Waals surface area contributed by atoms with Crippen LogP contribution < -0.4 is 10.9 Å². The van der Waals surface area contributed by atoms with Crippen LogP contribution in [0.5, 0.6) is 0 Å². The van der Waals surface area contributed by atoms with E-state index in [0.29, 0.717) is 5.69 Å². The van der Waals surface area contributed by atoms with E-state index in [2.05, 4.69) is 15.4 Å². The Hall–Kier alpha value is -3.95. The van der Waals surface area contributed by atoms with Gasteiger partial charge in [-0.05, 0) is 36.4 Å². The molecule has 0 unspecified atom stereocenters. The van der Waals surface area contributed by atoms with E-state index < -0.39 is 28.9 Å². The molecule has 0 saturated heterocycles. The number of amides is 1. The summed E-state index contributed by atoms with van der Waals surface area (Å²) in [5.74, 6) is -2.44. The molecule has 0 radical (unpaired) electrons. The van der Waals surface area contributed by atoms with E-state index in [1.54, 1.807) is 0 Å². The maximum Gasteiger partial charge on any atom is 0.264 e. The summed E-state index contributed by atoms with van der Waals surface area (Å²) in [5, 5.41) is 6.62. The van der Waals surface area contributed by atoms with Crippen LogP contribution in [0.1, 0.15) is 6.42 Å². The van der Waals surface area contributed by atoms with Crippen molar-refractivity contribution in [2.75, 3.05) is 5.32 Å². The van der Waals surface area contributed by atoms with Gasteiger partial charge in [-0.15, -0.1) is 0 Å². The van der Waals surface area contributed by atoms with Gasteiger partial charge in [0, 0.05) is 19.0 Å². The molecule has 0 aliphatic heterocycles. The number of rotatable bonds is 5. The lowest BCUT2D eigenvalue weighted by atomic mass is 10.2. The fraction of sp³-hybridized carbons (Fsp3) is 0.100. The van der Waals surface area contributed by atoms with Crippen LogP contribution in [0, 0.1) is 17.5 Å². The fourth-order valence-corrected chi connectivity index (χ4v) is 2.91. The maximum atomic E-state index is 13.6. The Morgan fingerprint density at radius 1 is 1.03 bits per heavy atom. The molecule has 152 valence electrons. The third kappa shape index (κ3) is 3.79. The minimum absolute atomic E-state index is 0.0216. The summed E-state index contributed by atoms with van der Waals surface area (Å²) in [5.41, 5.74) is 0.126. The van der Waals surface area contributed by atoms with Gasteiger partial charge in [0.25, 0.3) is 5.56 Å². The minimum Gasteiger partial charge on any atom is -0.323 e. The van der Waals surface area contributed by atoms with Crippen LogP contribution in [-0.2, 0) is 11.3 Å². The molecule has 0 saturated carbocycles. The normalized spacial score (nSPS) is 11.0. The molecule has 2 heterocycles. The van der Waals surface area contributed by atoms with Crippen molar-refractivity contribution in [3.8, 4) is 5.69 Å². The van der Waals surface area contributed by atoms with Gasteiger partial charge in [0.05, 0.1) is 23.9 Å². The standard InChI is InChI=1S/C20H14F3N5O2/c21-12-1-4-14(5-2-12)28-19-15(10-25-28)20(30)27(11-24-19)8-7-18(29)26-17-9-13(22)3-6-16(17)23/h1-6,9-11H,7-8H2,(H,26,29). The molecule has 0 spiro atoms. The zero-order chi connectivity index (χ0) is 21.3. The lowest BCUT2D eigenvalue weighted by molar-refractivity contribution is -0.116. The Bertz CT molecular complexity index is 1300. The number of hydrogen-bond acceptors (Lipinski definition) is 4. The van der Waals surface area contributed by atoms with Crippen LogP contribution >= 0.6 is 0 Å². The van der Waals surface area contributed by atoms with Crippen molar-refractivity contribution in [2.45, 2.75) is 13.0 Å². The molecule has 4 aromatic rings. The number of aromatic nitrogens is 4. The molecule has 30 heavy (non-hydrogen) atoms. The van der Waals surface area contributed by atoms with E-state index in [1.807, 2.05) is 0 Å². The number of anilines is 1. The summed E-state index contributed by atoms with van der Waals surface area (Å²) < 4.78 is 42.6. The van der Waals surface area contributed by atoms with Crippen molar-refractivity contribution in [2.24, 2.45) is 0 Å². The molecule has 1 N–H and O–H groups in total. The number of nitrogens with one attached hydrogen (secondary N) is 1. The van der Waals surface area contributed by atoms with Crippen LogP contribution in [0.2, 0.25) is 0 Å². The quantitative estimate of drug-likeness (QED) is 0.545. The van der Waals surface area contributed by atoms with E-state index in [9.17, 15) is 22.8 Å². The van der Waals surface area contributed by atoms with Gasteiger partial charge in [-0.1, -0.05) is 0 Å².